The van der Waals surface area contributed by atoms with Crippen molar-refractivity contribution >= 4 is 0 Å². The van der Waals surface area contributed by atoms with E-state index < -0.39 is 0 Å². The van der Waals surface area contributed by atoms with Crippen molar-refractivity contribution < 1.29 is 0 Å². The van der Waals surface area contributed by atoms with Gasteiger partial charge in [-0.1, -0.05) is 20.8 Å². The average molecular weight is 164 g/mol. The van der Waals surface area contributed by atoms with Gasteiger partial charge in [0.15, 0.2) is 0 Å². The van der Waals surface area contributed by atoms with Crippen LogP contribution in [0.4, 0.5) is 0 Å². The minimum Gasteiger partial charge on any atom is -0.241 e. The van der Waals surface area contributed by atoms with Crippen LogP contribution in [0.5, 0.6) is 0 Å². The van der Waals surface area contributed by atoms with E-state index in [1.165, 1.54) is 5.56 Å². The van der Waals surface area contributed by atoms with Crippen LogP contribution in [0.25, 0.3) is 0 Å². The fraction of sp³-hybridized carbons (Fsp3) is 0.600. The maximum atomic E-state index is 4.15. The molecule has 0 saturated carbocycles. The van der Waals surface area contributed by atoms with Gasteiger partial charge in [0, 0.05) is 12.4 Å². The van der Waals surface area contributed by atoms with E-state index in [1.807, 2.05) is 19.3 Å². The van der Waals surface area contributed by atoms with Gasteiger partial charge in [0.25, 0.3) is 0 Å². The zero-order valence-corrected chi connectivity index (χ0v) is 8.26. The minimum atomic E-state index is 0.318. The van der Waals surface area contributed by atoms with E-state index in [0.29, 0.717) is 5.41 Å². The van der Waals surface area contributed by atoms with Crippen molar-refractivity contribution in [2.24, 2.45) is 5.41 Å². The van der Waals surface area contributed by atoms with E-state index in [9.17, 15) is 0 Å². The number of rotatable bonds is 1. The Morgan fingerprint density at radius 3 is 2.08 bits per heavy atom. The Labute approximate surface area is 74.1 Å². The van der Waals surface area contributed by atoms with Gasteiger partial charge in [-0.15, -0.1) is 0 Å². The van der Waals surface area contributed by atoms with Crippen LogP contribution in [0.15, 0.2) is 12.4 Å². The van der Waals surface area contributed by atoms with Crippen molar-refractivity contribution in [1.29, 1.82) is 0 Å². The molecule has 66 valence electrons. The molecule has 0 N–H and O–H groups in total. The molecule has 12 heavy (non-hydrogen) atoms. The molecule has 0 atom stereocenters. The predicted molar refractivity (Wildman–Crippen MR) is 49.9 cm³/mol. The van der Waals surface area contributed by atoms with Crippen LogP contribution in [0.2, 0.25) is 0 Å². The molecule has 1 aromatic rings. The second-order valence-corrected chi connectivity index (χ2v) is 4.38. The maximum Gasteiger partial charge on any atom is 0.125 e. The van der Waals surface area contributed by atoms with Crippen molar-refractivity contribution in [3.63, 3.8) is 0 Å². The van der Waals surface area contributed by atoms with E-state index in [4.69, 9.17) is 0 Å². The smallest absolute Gasteiger partial charge is 0.125 e. The summed E-state index contributed by atoms with van der Waals surface area (Å²) in [7, 11) is 0. The quantitative estimate of drug-likeness (QED) is 0.637. The molecule has 0 saturated heterocycles. The van der Waals surface area contributed by atoms with E-state index in [2.05, 4.69) is 30.7 Å². The second kappa shape index (κ2) is 3.21. The molecule has 0 aliphatic carbocycles. The largest absolute Gasteiger partial charge is 0.241 e. The number of hydrogen-bond acceptors (Lipinski definition) is 2. The summed E-state index contributed by atoms with van der Waals surface area (Å²) in [6.45, 7) is 8.55. The van der Waals surface area contributed by atoms with E-state index in [0.717, 1.165) is 12.2 Å². The lowest BCUT2D eigenvalue weighted by Gasteiger charge is -2.17. The summed E-state index contributed by atoms with van der Waals surface area (Å²) >= 11 is 0. The first-order valence-corrected chi connectivity index (χ1v) is 4.25. The molecular weight excluding hydrogens is 148 g/mol. The maximum absolute atomic E-state index is 4.15. The highest BCUT2D eigenvalue weighted by molar-refractivity contribution is 5.06. The van der Waals surface area contributed by atoms with Gasteiger partial charge in [-0.05, 0) is 24.3 Å². The van der Waals surface area contributed by atoms with Crippen LogP contribution in [-0.4, -0.2) is 9.97 Å². The SMILES string of the molecule is Cc1ncc(CC(C)(C)C)cn1. The molecule has 0 amide bonds. The van der Waals surface area contributed by atoms with Crippen molar-refractivity contribution in [2.45, 2.75) is 34.1 Å². The Kier molecular flexibility index (Phi) is 2.46. The molecule has 2 nitrogen and oxygen atoms in total. The Bertz CT molecular complexity index is 244. The molecule has 0 bridgehead atoms. The van der Waals surface area contributed by atoms with Crippen LogP contribution in [-0.2, 0) is 6.42 Å². The van der Waals surface area contributed by atoms with Gasteiger partial charge >= 0.3 is 0 Å². The third-order valence-corrected chi connectivity index (χ3v) is 1.57. The van der Waals surface area contributed by atoms with Crippen molar-refractivity contribution in [1.82, 2.24) is 9.97 Å². The van der Waals surface area contributed by atoms with Crippen molar-refractivity contribution in [2.75, 3.05) is 0 Å². The van der Waals surface area contributed by atoms with Gasteiger partial charge in [-0.2, -0.15) is 0 Å². The van der Waals surface area contributed by atoms with Crippen LogP contribution in [0, 0.1) is 12.3 Å². The number of aryl methyl sites for hydroxylation is 1. The molecule has 1 rings (SSSR count). The average Bonchev–Trinajstić information content (AvgIpc) is 1.91. The zero-order valence-electron chi connectivity index (χ0n) is 8.26. The normalized spacial score (nSPS) is 11.7. The Balaban J connectivity index is 2.71. The molecule has 0 fully saturated rings. The summed E-state index contributed by atoms with van der Waals surface area (Å²) in [5, 5.41) is 0. The first kappa shape index (κ1) is 9.17. The predicted octanol–water partition coefficient (Wildman–Crippen LogP) is 2.37. The molecule has 2 heteroatoms. The standard InChI is InChI=1S/C10H16N2/c1-8-11-6-9(7-12-8)5-10(2,3)4/h6-7H,5H2,1-4H3. The summed E-state index contributed by atoms with van der Waals surface area (Å²) in [4.78, 5) is 8.30. The first-order chi connectivity index (χ1) is 5.47. The molecule has 0 spiro atoms. The second-order valence-electron chi connectivity index (χ2n) is 4.38. The van der Waals surface area contributed by atoms with Crippen molar-refractivity contribution in [3.8, 4) is 0 Å². The van der Waals surface area contributed by atoms with Crippen LogP contribution in [0.3, 0.4) is 0 Å². The minimum absolute atomic E-state index is 0.318. The van der Waals surface area contributed by atoms with Crippen LogP contribution < -0.4 is 0 Å². The molecule has 0 unspecified atom stereocenters. The fourth-order valence-electron chi connectivity index (χ4n) is 1.12. The van der Waals surface area contributed by atoms with Crippen LogP contribution in [0.1, 0.15) is 32.2 Å². The van der Waals surface area contributed by atoms with E-state index >= 15 is 0 Å². The lowest BCUT2D eigenvalue weighted by molar-refractivity contribution is 0.410. The van der Waals surface area contributed by atoms with Gasteiger partial charge in [0.2, 0.25) is 0 Å². The monoisotopic (exact) mass is 164 g/mol. The third-order valence-electron chi connectivity index (χ3n) is 1.57. The molecular formula is C10H16N2. The Morgan fingerprint density at radius 2 is 1.67 bits per heavy atom. The Morgan fingerprint density at radius 1 is 1.17 bits per heavy atom. The number of aromatic nitrogens is 2. The van der Waals surface area contributed by atoms with E-state index in [-0.39, 0.29) is 0 Å². The summed E-state index contributed by atoms with van der Waals surface area (Å²) < 4.78 is 0. The molecule has 0 aromatic carbocycles. The topological polar surface area (TPSA) is 25.8 Å². The summed E-state index contributed by atoms with van der Waals surface area (Å²) in [5.41, 5.74) is 1.53. The van der Waals surface area contributed by atoms with Gasteiger partial charge in [0.05, 0.1) is 0 Å². The first-order valence-electron chi connectivity index (χ1n) is 4.25. The molecule has 1 aromatic heterocycles. The lowest BCUT2D eigenvalue weighted by Crippen LogP contribution is -2.09. The summed E-state index contributed by atoms with van der Waals surface area (Å²) in [6.07, 6.45) is 4.86. The molecule has 0 aliphatic heterocycles. The molecule has 1 heterocycles. The third kappa shape index (κ3) is 2.99. The highest BCUT2D eigenvalue weighted by Crippen LogP contribution is 2.19. The zero-order chi connectivity index (χ0) is 9.19. The molecule has 0 aliphatic rings. The van der Waals surface area contributed by atoms with Crippen LogP contribution >= 0.6 is 0 Å². The van der Waals surface area contributed by atoms with Gasteiger partial charge in [-0.25, -0.2) is 9.97 Å². The Hall–Kier alpha value is -0.920. The highest BCUT2D eigenvalue weighted by Gasteiger charge is 2.11. The fourth-order valence-corrected chi connectivity index (χ4v) is 1.12. The van der Waals surface area contributed by atoms with Crippen molar-refractivity contribution in [3.05, 3.63) is 23.8 Å². The lowest BCUT2D eigenvalue weighted by atomic mass is 9.89. The number of hydrogen-bond donors (Lipinski definition) is 0. The molecule has 0 radical (unpaired) electrons. The van der Waals surface area contributed by atoms with Gasteiger partial charge < -0.3 is 0 Å². The summed E-state index contributed by atoms with van der Waals surface area (Å²) in [5.74, 6) is 0.840. The number of nitrogens with zero attached hydrogens (tertiary/aromatic N) is 2. The highest BCUT2D eigenvalue weighted by atomic mass is 14.8. The summed E-state index contributed by atoms with van der Waals surface area (Å²) in [6, 6.07) is 0. The van der Waals surface area contributed by atoms with Gasteiger partial charge in [0.1, 0.15) is 5.82 Å². The van der Waals surface area contributed by atoms with Gasteiger partial charge in [-0.3, -0.25) is 0 Å². The van der Waals surface area contributed by atoms with E-state index in [1.54, 1.807) is 0 Å².